The third-order valence-corrected chi connectivity index (χ3v) is 3.24. The lowest BCUT2D eigenvalue weighted by atomic mass is 10.1. The molecule has 0 aromatic heterocycles. The van der Waals surface area contributed by atoms with Crippen LogP contribution in [-0.2, 0) is 0 Å². The second-order valence-corrected chi connectivity index (χ2v) is 5.23. The second-order valence-electron chi connectivity index (χ2n) is 5.23. The van der Waals surface area contributed by atoms with Crippen molar-refractivity contribution in [1.29, 1.82) is 0 Å². The maximum Gasteiger partial charge on any atom is 0.125 e. The van der Waals surface area contributed by atoms with Crippen LogP contribution >= 0.6 is 0 Å². The Morgan fingerprint density at radius 2 is 1.68 bits per heavy atom. The molecule has 0 radical (unpaired) electrons. The third-order valence-electron chi connectivity index (χ3n) is 3.24. The van der Waals surface area contributed by atoms with Crippen molar-refractivity contribution in [2.24, 2.45) is 0 Å². The van der Waals surface area contributed by atoms with E-state index in [-0.39, 0.29) is 6.61 Å². The Morgan fingerprint density at radius 1 is 1.00 bits per heavy atom. The summed E-state index contributed by atoms with van der Waals surface area (Å²) in [6.07, 6.45) is 3.47. The van der Waals surface area contributed by atoms with E-state index < -0.39 is 0 Å². The number of rotatable bonds is 9. The van der Waals surface area contributed by atoms with Crippen LogP contribution in [0.5, 0.6) is 5.75 Å². The average molecular weight is 266 g/mol. The maximum atomic E-state index is 8.65. The minimum atomic E-state index is 0.273. The lowest BCUT2D eigenvalue weighted by molar-refractivity contribution is -0.656. The molecule has 3 nitrogen and oxygen atoms in total. The van der Waals surface area contributed by atoms with Gasteiger partial charge in [-0.1, -0.05) is 17.7 Å². The lowest BCUT2D eigenvalue weighted by Crippen LogP contribution is -2.85. The Balaban J connectivity index is 2.19. The highest BCUT2D eigenvalue weighted by Gasteiger charge is 2.04. The quantitative estimate of drug-likeness (QED) is 0.669. The number of unbranched alkanes of at least 4 members (excludes halogenated alkanes) is 2. The minimum absolute atomic E-state index is 0.273. The number of aliphatic hydroxyl groups excluding tert-OH is 1. The van der Waals surface area contributed by atoms with Gasteiger partial charge in [0.25, 0.3) is 0 Å². The monoisotopic (exact) mass is 266 g/mol. The summed E-state index contributed by atoms with van der Waals surface area (Å²) >= 11 is 0. The fourth-order valence-corrected chi connectivity index (χ4v) is 2.37. The van der Waals surface area contributed by atoms with Gasteiger partial charge >= 0.3 is 0 Å². The van der Waals surface area contributed by atoms with E-state index in [1.165, 1.54) is 29.5 Å². The number of quaternary nitrogens is 1. The molecule has 0 aliphatic carbocycles. The number of aliphatic hydroxyl groups is 1. The largest absolute Gasteiger partial charge is 0.493 e. The molecule has 0 atom stereocenters. The number of aryl methyl sites for hydroxylation is 3. The molecule has 0 unspecified atom stereocenters. The van der Waals surface area contributed by atoms with Crippen LogP contribution in [0.15, 0.2) is 12.1 Å². The van der Waals surface area contributed by atoms with Gasteiger partial charge < -0.3 is 15.2 Å². The standard InChI is InChI=1S/C16H27NO2/c1-13-11-14(2)16(15(3)12-13)19-10-6-4-5-7-17-8-9-18/h11-12,17-18H,4-10H2,1-3H3/p+1. The fraction of sp³-hybridized carbons (Fsp3) is 0.625. The molecule has 3 N–H and O–H groups in total. The Labute approximate surface area is 117 Å². The predicted octanol–water partition coefficient (Wildman–Crippen LogP) is 1.72. The molecule has 0 aliphatic heterocycles. The van der Waals surface area contributed by atoms with Gasteiger partial charge in [0.2, 0.25) is 0 Å². The van der Waals surface area contributed by atoms with E-state index in [4.69, 9.17) is 9.84 Å². The summed E-state index contributed by atoms with van der Waals surface area (Å²) in [7, 11) is 0. The number of benzene rings is 1. The van der Waals surface area contributed by atoms with Gasteiger partial charge in [0, 0.05) is 0 Å². The van der Waals surface area contributed by atoms with Crippen molar-refractivity contribution in [3.63, 3.8) is 0 Å². The molecule has 19 heavy (non-hydrogen) atoms. The molecule has 0 bridgehead atoms. The molecular formula is C16H28NO2+. The van der Waals surface area contributed by atoms with Gasteiger partial charge in [-0.05, 0) is 51.2 Å². The number of hydrogen-bond acceptors (Lipinski definition) is 2. The predicted molar refractivity (Wildman–Crippen MR) is 78.7 cm³/mol. The first-order valence-electron chi connectivity index (χ1n) is 7.28. The average Bonchev–Trinajstić information content (AvgIpc) is 2.35. The van der Waals surface area contributed by atoms with Crippen molar-refractivity contribution in [2.45, 2.75) is 40.0 Å². The van der Waals surface area contributed by atoms with Gasteiger partial charge in [0.15, 0.2) is 0 Å². The molecule has 1 aromatic carbocycles. The van der Waals surface area contributed by atoms with Crippen LogP contribution in [0.1, 0.15) is 36.0 Å². The maximum absolute atomic E-state index is 8.65. The summed E-state index contributed by atoms with van der Waals surface area (Å²) < 4.78 is 5.90. The topological polar surface area (TPSA) is 46.1 Å². The zero-order valence-corrected chi connectivity index (χ0v) is 12.5. The van der Waals surface area contributed by atoms with E-state index in [9.17, 15) is 0 Å². The molecule has 0 saturated heterocycles. The first-order valence-corrected chi connectivity index (χ1v) is 7.28. The molecule has 0 fully saturated rings. The van der Waals surface area contributed by atoms with Gasteiger partial charge in [-0.3, -0.25) is 0 Å². The van der Waals surface area contributed by atoms with Gasteiger partial charge in [-0.15, -0.1) is 0 Å². The summed E-state index contributed by atoms with van der Waals surface area (Å²) in [4.78, 5) is 0. The number of nitrogens with two attached hydrogens (primary N) is 1. The number of hydrogen-bond donors (Lipinski definition) is 2. The van der Waals surface area contributed by atoms with Crippen molar-refractivity contribution in [1.82, 2.24) is 0 Å². The van der Waals surface area contributed by atoms with Gasteiger partial charge in [-0.25, -0.2) is 0 Å². The molecule has 1 aromatic rings. The first kappa shape index (κ1) is 16.0. The van der Waals surface area contributed by atoms with Crippen LogP contribution in [-0.4, -0.2) is 31.4 Å². The molecule has 0 spiro atoms. The summed E-state index contributed by atoms with van der Waals surface area (Å²) in [5.41, 5.74) is 3.75. The SMILES string of the molecule is Cc1cc(C)c(OCCCCC[NH2+]CCO)c(C)c1. The lowest BCUT2D eigenvalue weighted by Gasteiger charge is -2.13. The molecule has 0 amide bonds. The normalized spacial score (nSPS) is 10.7. The minimum Gasteiger partial charge on any atom is -0.493 e. The van der Waals surface area contributed by atoms with Crippen LogP contribution in [0.2, 0.25) is 0 Å². The number of ether oxygens (including phenoxy) is 1. The smallest absolute Gasteiger partial charge is 0.125 e. The van der Waals surface area contributed by atoms with Crippen LogP contribution < -0.4 is 10.1 Å². The highest BCUT2D eigenvalue weighted by atomic mass is 16.5. The van der Waals surface area contributed by atoms with Crippen LogP contribution in [0.25, 0.3) is 0 Å². The summed E-state index contributed by atoms with van der Waals surface area (Å²) in [6, 6.07) is 4.35. The van der Waals surface area contributed by atoms with Gasteiger partial charge in [0.05, 0.1) is 26.3 Å². The zero-order valence-electron chi connectivity index (χ0n) is 12.5. The Morgan fingerprint density at radius 3 is 2.32 bits per heavy atom. The van der Waals surface area contributed by atoms with E-state index in [2.05, 4.69) is 38.2 Å². The van der Waals surface area contributed by atoms with E-state index in [0.29, 0.717) is 0 Å². The summed E-state index contributed by atoms with van der Waals surface area (Å²) in [5.74, 6) is 1.05. The van der Waals surface area contributed by atoms with E-state index >= 15 is 0 Å². The molecule has 0 heterocycles. The highest BCUT2D eigenvalue weighted by molar-refractivity contribution is 5.42. The highest BCUT2D eigenvalue weighted by Crippen LogP contribution is 2.24. The van der Waals surface area contributed by atoms with Gasteiger partial charge in [-0.2, -0.15) is 0 Å². The molecule has 3 heteroatoms. The van der Waals surface area contributed by atoms with E-state index in [1.807, 2.05) is 0 Å². The van der Waals surface area contributed by atoms with Crippen LogP contribution in [0.3, 0.4) is 0 Å². The Hall–Kier alpha value is -1.06. The van der Waals surface area contributed by atoms with Crippen molar-refractivity contribution < 1.29 is 15.2 Å². The molecule has 108 valence electrons. The Bertz CT molecular complexity index is 354. The van der Waals surface area contributed by atoms with Crippen LogP contribution in [0, 0.1) is 20.8 Å². The van der Waals surface area contributed by atoms with E-state index in [0.717, 1.165) is 31.9 Å². The second kappa shape index (κ2) is 8.94. The molecule has 1 rings (SSSR count). The zero-order chi connectivity index (χ0) is 14.1. The van der Waals surface area contributed by atoms with Crippen molar-refractivity contribution in [3.8, 4) is 5.75 Å². The summed E-state index contributed by atoms with van der Waals surface area (Å²) in [5, 5.41) is 10.8. The molecular weight excluding hydrogens is 238 g/mol. The molecule has 0 saturated carbocycles. The Kier molecular flexibility index (Phi) is 7.53. The summed E-state index contributed by atoms with van der Waals surface area (Å²) in [6.45, 7) is 9.33. The van der Waals surface area contributed by atoms with Crippen molar-refractivity contribution in [3.05, 3.63) is 28.8 Å². The van der Waals surface area contributed by atoms with E-state index in [1.54, 1.807) is 0 Å². The molecule has 0 aliphatic rings. The van der Waals surface area contributed by atoms with Crippen molar-refractivity contribution >= 4 is 0 Å². The fourth-order valence-electron chi connectivity index (χ4n) is 2.37. The third kappa shape index (κ3) is 6.08. The first-order chi connectivity index (χ1) is 9.15. The van der Waals surface area contributed by atoms with Gasteiger partial charge in [0.1, 0.15) is 5.75 Å². The van der Waals surface area contributed by atoms with Crippen molar-refractivity contribution in [2.75, 3.05) is 26.3 Å². The van der Waals surface area contributed by atoms with Crippen LogP contribution in [0.4, 0.5) is 0 Å².